The van der Waals surface area contributed by atoms with Crippen LogP contribution in [0.15, 0.2) is 0 Å². The van der Waals surface area contributed by atoms with E-state index < -0.39 is 0 Å². The lowest BCUT2D eigenvalue weighted by molar-refractivity contribution is 0.0683. The molecule has 0 fully saturated rings. The van der Waals surface area contributed by atoms with Crippen LogP contribution < -0.4 is 0 Å². The standard InChI is InChI=1S/C19H40O2/c1-3-5-7-8-9-10-11-12-13-14-16-19(21)17-18(20)15-6-4-2/h18-21H,3-17H2,1-2H3. The molecule has 0 aliphatic rings. The Morgan fingerprint density at radius 3 is 1.38 bits per heavy atom. The van der Waals surface area contributed by atoms with Crippen molar-refractivity contribution in [1.82, 2.24) is 0 Å². The Labute approximate surface area is 133 Å². The summed E-state index contributed by atoms with van der Waals surface area (Å²) in [5.74, 6) is 0. The minimum atomic E-state index is -0.303. The topological polar surface area (TPSA) is 40.5 Å². The fourth-order valence-electron chi connectivity index (χ4n) is 2.86. The van der Waals surface area contributed by atoms with Crippen LogP contribution in [-0.2, 0) is 0 Å². The van der Waals surface area contributed by atoms with E-state index in [0.29, 0.717) is 6.42 Å². The Kier molecular flexibility index (Phi) is 16.2. The zero-order chi connectivity index (χ0) is 15.8. The molecule has 2 atom stereocenters. The molecule has 0 aromatic heterocycles. The van der Waals surface area contributed by atoms with Gasteiger partial charge in [0.15, 0.2) is 0 Å². The van der Waals surface area contributed by atoms with Gasteiger partial charge in [0.1, 0.15) is 0 Å². The van der Waals surface area contributed by atoms with E-state index in [1.165, 1.54) is 57.8 Å². The third-order valence-electron chi connectivity index (χ3n) is 4.33. The van der Waals surface area contributed by atoms with E-state index in [4.69, 9.17) is 0 Å². The van der Waals surface area contributed by atoms with Crippen molar-refractivity contribution in [3.8, 4) is 0 Å². The second kappa shape index (κ2) is 16.3. The van der Waals surface area contributed by atoms with Crippen molar-refractivity contribution in [2.24, 2.45) is 0 Å². The zero-order valence-corrected chi connectivity index (χ0v) is 14.7. The van der Waals surface area contributed by atoms with Crippen LogP contribution in [0, 0.1) is 0 Å². The van der Waals surface area contributed by atoms with Crippen molar-refractivity contribution in [1.29, 1.82) is 0 Å². The minimum absolute atomic E-state index is 0.300. The number of aliphatic hydroxyl groups excluding tert-OH is 2. The van der Waals surface area contributed by atoms with Gasteiger partial charge in [-0.2, -0.15) is 0 Å². The summed E-state index contributed by atoms with van der Waals surface area (Å²) < 4.78 is 0. The molecule has 0 rings (SSSR count). The van der Waals surface area contributed by atoms with E-state index in [1.54, 1.807) is 0 Å². The quantitative estimate of drug-likeness (QED) is 0.364. The van der Waals surface area contributed by atoms with E-state index in [0.717, 1.165) is 32.1 Å². The molecule has 2 unspecified atom stereocenters. The van der Waals surface area contributed by atoms with Gasteiger partial charge in [-0.3, -0.25) is 0 Å². The van der Waals surface area contributed by atoms with Crippen molar-refractivity contribution >= 4 is 0 Å². The van der Waals surface area contributed by atoms with Crippen LogP contribution in [0.5, 0.6) is 0 Å². The van der Waals surface area contributed by atoms with Gasteiger partial charge in [-0.15, -0.1) is 0 Å². The molecule has 0 amide bonds. The zero-order valence-electron chi connectivity index (χ0n) is 14.7. The molecule has 0 aromatic carbocycles. The highest BCUT2D eigenvalue weighted by atomic mass is 16.3. The maximum Gasteiger partial charge on any atom is 0.0564 e. The largest absolute Gasteiger partial charge is 0.393 e. The van der Waals surface area contributed by atoms with Gasteiger partial charge in [0.2, 0.25) is 0 Å². The first-order valence-electron chi connectivity index (χ1n) is 9.56. The van der Waals surface area contributed by atoms with E-state index in [9.17, 15) is 10.2 Å². The Bertz CT molecular complexity index is 194. The molecule has 0 aliphatic carbocycles. The molecule has 0 aromatic rings. The first-order chi connectivity index (χ1) is 10.2. The molecule has 2 N–H and O–H groups in total. The maximum absolute atomic E-state index is 9.88. The lowest BCUT2D eigenvalue weighted by Crippen LogP contribution is -2.17. The normalized spacial score (nSPS) is 14.3. The Morgan fingerprint density at radius 2 is 0.905 bits per heavy atom. The summed E-state index contributed by atoms with van der Waals surface area (Å²) in [4.78, 5) is 0. The minimum Gasteiger partial charge on any atom is -0.393 e. The fraction of sp³-hybridized carbons (Fsp3) is 1.00. The predicted octanol–water partition coefficient (Wildman–Crippen LogP) is 5.60. The summed E-state index contributed by atoms with van der Waals surface area (Å²) in [6.07, 6.45) is 17.1. The van der Waals surface area contributed by atoms with Crippen LogP contribution >= 0.6 is 0 Å². The maximum atomic E-state index is 9.88. The first-order valence-corrected chi connectivity index (χ1v) is 9.56. The van der Waals surface area contributed by atoms with E-state index >= 15 is 0 Å². The van der Waals surface area contributed by atoms with Crippen LogP contribution in [0.3, 0.4) is 0 Å². The Hall–Kier alpha value is -0.0800. The molecule has 21 heavy (non-hydrogen) atoms. The molecule has 0 radical (unpaired) electrons. The number of aliphatic hydroxyl groups is 2. The highest BCUT2D eigenvalue weighted by Gasteiger charge is 2.10. The van der Waals surface area contributed by atoms with Crippen LogP contribution in [0.1, 0.15) is 110 Å². The molecule has 0 spiro atoms. The van der Waals surface area contributed by atoms with E-state index in [2.05, 4.69) is 13.8 Å². The van der Waals surface area contributed by atoms with Crippen molar-refractivity contribution in [3.05, 3.63) is 0 Å². The molecule has 128 valence electrons. The number of unbranched alkanes of at least 4 members (excludes halogenated alkanes) is 10. The van der Waals surface area contributed by atoms with Crippen molar-refractivity contribution in [2.45, 2.75) is 122 Å². The molecule has 0 bridgehead atoms. The lowest BCUT2D eigenvalue weighted by Gasteiger charge is -2.15. The average Bonchev–Trinajstić information content (AvgIpc) is 2.47. The first kappa shape index (κ1) is 20.9. The summed E-state index contributed by atoms with van der Waals surface area (Å²) in [5.41, 5.74) is 0. The number of hydrogen-bond donors (Lipinski definition) is 2. The van der Waals surface area contributed by atoms with E-state index in [-0.39, 0.29) is 12.2 Å². The second-order valence-corrected chi connectivity index (χ2v) is 6.66. The lowest BCUT2D eigenvalue weighted by atomic mass is 10.0. The Morgan fingerprint density at radius 1 is 0.524 bits per heavy atom. The van der Waals surface area contributed by atoms with Gasteiger partial charge in [-0.05, 0) is 19.3 Å². The van der Waals surface area contributed by atoms with Gasteiger partial charge in [-0.25, -0.2) is 0 Å². The van der Waals surface area contributed by atoms with Crippen molar-refractivity contribution < 1.29 is 10.2 Å². The van der Waals surface area contributed by atoms with Gasteiger partial charge in [-0.1, -0.05) is 90.9 Å². The molecular weight excluding hydrogens is 260 g/mol. The van der Waals surface area contributed by atoms with Gasteiger partial charge < -0.3 is 10.2 Å². The molecule has 0 saturated carbocycles. The summed E-state index contributed by atoms with van der Waals surface area (Å²) in [6.45, 7) is 4.39. The number of rotatable bonds is 16. The van der Waals surface area contributed by atoms with Crippen molar-refractivity contribution in [3.63, 3.8) is 0 Å². The monoisotopic (exact) mass is 300 g/mol. The van der Waals surface area contributed by atoms with Gasteiger partial charge >= 0.3 is 0 Å². The summed E-state index contributed by atoms with van der Waals surface area (Å²) in [6, 6.07) is 0. The predicted molar refractivity (Wildman–Crippen MR) is 92.6 cm³/mol. The van der Waals surface area contributed by atoms with Crippen LogP contribution in [0.2, 0.25) is 0 Å². The Balaban J connectivity index is 3.22. The summed E-state index contributed by atoms with van der Waals surface area (Å²) in [7, 11) is 0. The van der Waals surface area contributed by atoms with Gasteiger partial charge in [0, 0.05) is 0 Å². The highest BCUT2D eigenvalue weighted by molar-refractivity contribution is 4.64. The number of hydrogen-bond acceptors (Lipinski definition) is 2. The van der Waals surface area contributed by atoms with Crippen LogP contribution in [0.4, 0.5) is 0 Å². The van der Waals surface area contributed by atoms with Crippen LogP contribution in [0.25, 0.3) is 0 Å². The molecule has 2 heteroatoms. The molecule has 0 heterocycles. The summed E-state index contributed by atoms with van der Waals surface area (Å²) in [5, 5.41) is 19.6. The second-order valence-electron chi connectivity index (χ2n) is 6.66. The molecular formula is C19H40O2. The van der Waals surface area contributed by atoms with Gasteiger partial charge in [0.25, 0.3) is 0 Å². The summed E-state index contributed by atoms with van der Waals surface area (Å²) >= 11 is 0. The smallest absolute Gasteiger partial charge is 0.0564 e. The highest BCUT2D eigenvalue weighted by Crippen LogP contribution is 2.14. The van der Waals surface area contributed by atoms with E-state index in [1.807, 2.05) is 0 Å². The molecule has 0 aliphatic heterocycles. The fourth-order valence-corrected chi connectivity index (χ4v) is 2.86. The van der Waals surface area contributed by atoms with Gasteiger partial charge in [0.05, 0.1) is 12.2 Å². The molecule has 2 nitrogen and oxygen atoms in total. The SMILES string of the molecule is CCCCCCCCCCCCC(O)CC(O)CCCC. The van der Waals surface area contributed by atoms with Crippen LogP contribution in [-0.4, -0.2) is 22.4 Å². The third-order valence-corrected chi connectivity index (χ3v) is 4.33. The molecule has 0 saturated heterocycles. The van der Waals surface area contributed by atoms with Crippen molar-refractivity contribution in [2.75, 3.05) is 0 Å². The average molecular weight is 301 g/mol. The third kappa shape index (κ3) is 16.1.